The zero-order valence-electron chi connectivity index (χ0n) is 25.3. The molecule has 41 heavy (non-hydrogen) atoms. The zero-order valence-corrected chi connectivity index (χ0v) is 22.3. The Morgan fingerprint density at radius 3 is 1.71 bits per heavy atom. The topological polar surface area (TPSA) is 44.5 Å². The molecule has 0 unspecified atom stereocenters. The molecule has 0 aliphatic heterocycles. The molecule has 6 nitrogen and oxygen atoms in total. The minimum atomic E-state index is -2.09. The molecule has 0 saturated heterocycles. The third kappa shape index (κ3) is 2.91. The van der Waals surface area contributed by atoms with E-state index in [-0.39, 0.29) is 6.42 Å². The molecule has 0 N–H and O–H groups in total. The van der Waals surface area contributed by atoms with E-state index >= 15 is 0 Å². The van der Waals surface area contributed by atoms with E-state index in [4.69, 9.17) is 14.1 Å². The first-order chi connectivity index (χ1) is 21.4. The number of para-hydroxylation sites is 6. The molecule has 4 aromatic heterocycles. The Kier molecular flexibility index (Phi) is 3.88. The lowest BCUT2D eigenvalue weighted by Gasteiger charge is -2.10. The molecule has 0 fully saturated rings. The summed E-state index contributed by atoms with van der Waals surface area (Å²) in [6.45, 7) is 0.0116. The number of aromatic nitrogens is 6. The van der Waals surface area contributed by atoms with Crippen LogP contribution in [0.25, 0.3) is 67.1 Å². The number of aryl methyl sites for hydroxylation is 2. The monoisotopic (exact) mass is 533 g/mol. The van der Waals surface area contributed by atoms with Crippen molar-refractivity contribution in [3.05, 3.63) is 120 Å². The van der Waals surface area contributed by atoms with Crippen molar-refractivity contribution in [2.24, 2.45) is 0 Å². The van der Waals surface area contributed by atoms with Crippen molar-refractivity contribution < 1.29 is 4.11 Å². The van der Waals surface area contributed by atoms with Gasteiger partial charge in [0, 0.05) is 4.11 Å². The molecule has 196 valence electrons. The van der Waals surface area contributed by atoms with Crippen molar-refractivity contribution in [2.75, 3.05) is 0 Å². The molecule has 9 aromatic rings. The first-order valence-corrected chi connectivity index (χ1v) is 13.7. The van der Waals surface area contributed by atoms with Crippen molar-refractivity contribution in [1.29, 1.82) is 0 Å². The summed E-state index contributed by atoms with van der Waals surface area (Å²) >= 11 is 0. The number of benzene rings is 5. The molecule has 4 heterocycles. The van der Waals surface area contributed by atoms with E-state index in [2.05, 4.69) is 104 Å². The maximum absolute atomic E-state index is 7.89. The molecule has 0 atom stereocenters. The van der Waals surface area contributed by atoms with Crippen LogP contribution < -0.4 is 0 Å². The molecular weight excluding hydrogens is 504 g/mol. The minimum absolute atomic E-state index is 0.0350. The fraction of sp³-hybridized carbons (Fsp3) is 0.0857. The van der Waals surface area contributed by atoms with E-state index in [0.717, 1.165) is 72.7 Å². The standard InChI is InChI=1S/C35H26N6/c1-3-23-12-9-20-31-33(23)37-35-39(27-16-5-7-18-29(27)41(31)35)25-14-10-13-24(21-25)38-26-15-4-6-17-28(26)40-30-19-8-11-22(2)32(30)36-34(38)40/h4-21H,3H2,1-2H3/i1D3. The highest BCUT2D eigenvalue weighted by molar-refractivity contribution is 5.95. The molecule has 0 saturated carbocycles. The summed E-state index contributed by atoms with van der Waals surface area (Å²) in [5, 5.41) is 0. The lowest BCUT2D eigenvalue weighted by Crippen LogP contribution is -1.99. The second-order valence-corrected chi connectivity index (χ2v) is 10.6. The summed E-state index contributed by atoms with van der Waals surface area (Å²) in [5.41, 5.74) is 11.7. The van der Waals surface area contributed by atoms with E-state index < -0.39 is 6.85 Å². The third-order valence-electron chi connectivity index (χ3n) is 8.28. The molecule has 6 heteroatoms. The van der Waals surface area contributed by atoms with Gasteiger partial charge in [-0.25, -0.2) is 9.97 Å². The predicted molar refractivity (Wildman–Crippen MR) is 167 cm³/mol. The van der Waals surface area contributed by atoms with Crippen molar-refractivity contribution in [3.63, 3.8) is 0 Å². The SMILES string of the molecule is [2H]C([2H])([2H])Cc1cccc2c1nc1n(-c3cccc(-n4c5ccccc5n5c6cccc(C)c6nc45)c3)c3ccccc3n21. The molecular formula is C35H26N6. The largest absolute Gasteiger partial charge is 0.278 e. The van der Waals surface area contributed by atoms with Crippen LogP contribution in [0.5, 0.6) is 0 Å². The molecule has 0 amide bonds. The van der Waals surface area contributed by atoms with E-state index in [1.54, 1.807) is 0 Å². The Labute approximate surface area is 239 Å². The van der Waals surface area contributed by atoms with E-state index in [0.29, 0.717) is 5.52 Å². The summed E-state index contributed by atoms with van der Waals surface area (Å²) in [5.74, 6) is 1.59. The van der Waals surface area contributed by atoms with Crippen LogP contribution in [0.3, 0.4) is 0 Å². The van der Waals surface area contributed by atoms with Gasteiger partial charge in [-0.15, -0.1) is 0 Å². The van der Waals surface area contributed by atoms with Gasteiger partial charge in [0.25, 0.3) is 0 Å². The van der Waals surface area contributed by atoms with Crippen LogP contribution in [-0.2, 0) is 6.42 Å². The van der Waals surface area contributed by atoms with Gasteiger partial charge in [-0.1, -0.05) is 61.4 Å². The average molecular weight is 534 g/mol. The van der Waals surface area contributed by atoms with Crippen LogP contribution >= 0.6 is 0 Å². The quantitative estimate of drug-likeness (QED) is 0.231. The van der Waals surface area contributed by atoms with Crippen LogP contribution in [0, 0.1) is 6.92 Å². The van der Waals surface area contributed by atoms with Crippen LogP contribution in [0.2, 0.25) is 0 Å². The van der Waals surface area contributed by atoms with Gasteiger partial charge < -0.3 is 0 Å². The van der Waals surface area contributed by atoms with E-state index in [9.17, 15) is 0 Å². The summed E-state index contributed by atoms with van der Waals surface area (Å²) < 4.78 is 32.4. The molecule has 5 aromatic carbocycles. The van der Waals surface area contributed by atoms with Gasteiger partial charge in [0.2, 0.25) is 11.6 Å². The van der Waals surface area contributed by atoms with Gasteiger partial charge in [-0.3, -0.25) is 17.9 Å². The molecule has 0 bridgehead atoms. The van der Waals surface area contributed by atoms with E-state index in [1.165, 1.54) is 0 Å². The number of imidazole rings is 4. The summed E-state index contributed by atoms with van der Waals surface area (Å²) in [6, 6.07) is 37.2. The highest BCUT2D eigenvalue weighted by atomic mass is 15.2. The maximum atomic E-state index is 7.89. The van der Waals surface area contributed by atoms with Crippen molar-refractivity contribution >= 4 is 55.7 Å². The molecule has 0 spiro atoms. The second-order valence-electron chi connectivity index (χ2n) is 10.6. The van der Waals surface area contributed by atoms with Crippen LogP contribution in [-0.4, -0.2) is 27.9 Å². The fourth-order valence-electron chi connectivity index (χ4n) is 6.47. The van der Waals surface area contributed by atoms with Crippen LogP contribution in [0.1, 0.15) is 22.1 Å². The number of hydrogen-bond acceptors (Lipinski definition) is 2. The van der Waals surface area contributed by atoms with Gasteiger partial charge in [-0.2, -0.15) is 0 Å². The normalized spacial score (nSPS) is 13.6. The Balaban J connectivity index is 1.33. The molecule has 0 aliphatic rings. The Bertz CT molecular complexity index is 2600. The maximum Gasteiger partial charge on any atom is 0.220 e. The lowest BCUT2D eigenvalue weighted by atomic mass is 10.1. The van der Waals surface area contributed by atoms with Gasteiger partial charge in [-0.05, 0) is 79.1 Å². The Morgan fingerprint density at radius 2 is 1.07 bits per heavy atom. The number of fused-ring (bicyclic) bond motifs is 10. The van der Waals surface area contributed by atoms with Gasteiger partial charge in [0.15, 0.2) is 0 Å². The first kappa shape index (κ1) is 19.7. The Hall–Kier alpha value is -5.36. The van der Waals surface area contributed by atoms with Crippen LogP contribution in [0.4, 0.5) is 0 Å². The highest BCUT2D eigenvalue weighted by Crippen LogP contribution is 2.33. The van der Waals surface area contributed by atoms with E-state index in [1.807, 2.05) is 30.3 Å². The second kappa shape index (κ2) is 8.08. The average Bonchev–Trinajstić information content (AvgIpc) is 3.74. The predicted octanol–water partition coefficient (Wildman–Crippen LogP) is 8.05. The van der Waals surface area contributed by atoms with Crippen molar-refractivity contribution in [3.8, 4) is 11.4 Å². The molecule has 0 radical (unpaired) electrons. The smallest absolute Gasteiger partial charge is 0.220 e. The summed E-state index contributed by atoms with van der Waals surface area (Å²) in [6.07, 6.45) is -0.0350. The van der Waals surface area contributed by atoms with Crippen molar-refractivity contribution in [2.45, 2.75) is 20.2 Å². The summed E-state index contributed by atoms with van der Waals surface area (Å²) in [7, 11) is 0. The minimum Gasteiger partial charge on any atom is -0.278 e. The first-order valence-electron chi connectivity index (χ1n) is 15.2. The van der Waals surface area contributed by atoms with Gasteiger partial charge in [0.05, 0.1) is 55.5 Å². The summed E-state index contributed by atoms with van der Waals surface area (Å²) in [4.78, 5) is 10.2. The van der Waals surface area contributed by atoms with Crippen LogP contribution in [0.15, 0.2) is 109 Å². The molecule has 9 rings (SSSR count). The highest BCUT2D eigenvalue weighted by Gasteiger charge is 2.21. The molecule has 0 aliphatic carbocycles. The van der Waals surface area contributed by atoms with Gasteiger partial charge in [0.1, 0.15) is 0 Å². The third-order valence-corrected chi connectivity index (χ3v) is 8.28. The zero-order chi connectivity index (χ0) is 29.7. The van der Waals surface area contributed by atoms with Gasteiger partial charge >= 0.3 is 0 Å². The fourth-order valence-corrected chi connectivity index (χ4v) is 6.47. The Morgan fingerprint density at radius 1 is 0.561 bits per heavy atom. The number of hydrogen-bond donors (Lipinski definition) is 0. The van der Waals surface area contributed by atoms with Crippen molar-refractivity contribution in [1.82, 2.24) is 27.9 Å². The number of nitrogens with zero attached hydrogens (tertiary/aromatic N) is 6. The number of rotatable bonds is 3. The lowest BCUT2D eigenvalue weighted by molar-refractivity contribution is 1.07.